The SMILES string of the molecule is C[C@H](C(=O)c1ccccc1)N(C(=O)c1ccc([N+](=O)[O-])cc1)N1C(=O)[C@@H]2[C@H]3C[C@@H]([C@@H](Br)[C@H]3Br)[C@H]2C1=O. The third-order valence-corrected chi connectivity index (χ3v) is 10.7. The molecule has 3 fully saturated rings. The van der Waals surface area contributed by atoms with Crippen molar-refractivity contribution in [3.63, 3.8) is 0 Å². The lowest BCUT2D eigenvalue weighted by Crippen LogP contribution is -2.56. The van der Waals surface area contributed by atoms with Gasteiger partial charge in [0.25, 0.3) is 23.4 Å². The van der Waals surface area contributed by atoms with Gasteiger partial charge >= 0.3 is 0 Å². The van der Waals surface area contributed by atoms with Crippen LogP contribution in [0.4, 0.5) is 5.69 Å². The Balaban J connectivity index is 1.55. The lowest BCUT2D eigenvalue weighted by Gasteiger charge is -2.35. The molecular formula is C25H21Br2N3O6. The summed E-state index contributed by atoms with van der Waals surface area (Å²) in [7, 11) is 0. The molecule has 11 heteroatoms. The summed E-state index contributed by atoms with van der Waals surface area (Å²) in [5.41, 5.74) is 0.134. The number of fused-ring (bicyclic) bond motifs is 5. The number of hydrogen-bond acceptors (Lipinski definition) is 6. The molecule has 36 heavy (non-hydrogen) atoms. The van der Waals surface area contributed by atoms with E-state index in [1.54, 1.807) is 30.3 Å². The van der Waals surface area contributed by atoms with Gasteiger partial charge in [0.15, 0.2) is 5.78 Å². The number of nitrogens with zero attached hydrogens (tertiary/aromatic N) is 3. The van der Waals surface area contributed by atoms with Crippen molar-refractivity contribution in [1.29, 1.82) is 0 Å². The van der Waals surface area contributed by atoms with Gasteiger partial charge in [-0.1, -0.05) is 62.2 Å². The fourth-order valence-electron chi connectivity index (χ4n) is 5.80. The van der Waals surface area contributed by atoms with Crippen molar-refractivity contribution in [2.24, 2.45) is 23.7 Å². The minimum Gasteiger partial charge on any atom is -0.292 e. The van der Waals surface area contributed by atoms with Crippen LogP contribution >= 0.6 is 31.9 Å². The summed E-state index contributed by atoms with van der Waals surface area (Å²) in [6.07, 6.45) is 0.723. The standard InChI is InChI=1S/C25H21Br2N3O6/c1-12(22(31)13-5-3-2-4-6-13)28(23(32)14-7-9-15(10-8-14)30(35)36)29-24(33)18-16-11-17(19(18)25(29)34)21(27)20(16)26/h2-10,12,16-21H,11H2,1H3/t12-,16-,17-,18-,19-,20-,21+/m1/s1. The summed E-state index contributed by atoms with van der Waals surface area (Å²) in [6, 6.07) is 12.0. The molecule has 7 atom stereocenters. The molecule has 9 nitrogen and oxygen atoms in total. The Morgan fingerprint density at radius 1 is 0.944 bits per heavy atom. The second kappa shape index (κ2) is 9.19. The predicted molar refractivity (Wildman–Crippen MR) is 135 cm³/mol. The smallest absolute Gasteiger partial charge is 0.273 e. The summed E-state index contributed by atoms with van der Waals surface area (Å²) >= 11 is 7.30. The Bertz CT molecular complexity index is 1240. The van der Waals surface area contributed by atoms with Crippen molar-refractivity contribution >= 4 is 61.1 Å². The third-order valence-electron chi connectivity index (χ3n) is 7.52. The zero-order valence-electron chi connectivity index (χ0n) is 19.0. The van der Waals surface area contributed by atoms with E-state index >= 15 is 0 Å². The van der Waals surface area contributed by atoms with Crippen molar-refractivity contribution < 1.29 is 24.1 Å². The normalized spacial score (nSPS) is 29.2. The van der Waals surface area contributed by atoms with Crippen LogP contribution in [0.25, 0.3) is 0 Å². The fraction of sp³-hybridized carbons (Fsp3) is 0.360. The van der Waals surface area contributed by atoms with E-state index in [1.807, 2.05) is 0 Å². The van der Waals surface area contributed by atoms with E-state index in [-0.39, 0.29) is 32.7 Å². The molecule has 0 radical (unpaired) electrons. The van der Waals surface area contributed by atoms with Crippen LogP contribution in [-0.2, 0) is 9.59 Å². The topological polar surface area (TPSA) is 118 Å². The number of non-ortho nitro benzene ring substituents is 1. The molecule has 1 heterocycles. The monoisotopic (exact) mass is 617 g/mol. The maximum atomic E-state index is 13.7. The molecule has 0 aromatic heterocycles. The van der Waals surface area contributed by atoms with Gasteiger partial charge in [0, 0.05) is 32.9 Å². The molecule has 2 bridgehead atoms. The van der Waals surface area contributed by atoms with Crippen molar-refractivity contribution in [1.82, 2.24) is 10.0 Å². The first kappa shape index (κ1) is 24.8. The lowest BCUT2D eigenvalue weighted by molar-refractivity contribution is -0.384. The van der Waals surface area contributed by atoms with Crippen LogP contribution in [0.1, 0.15) is 34.1 Å². The summed E-state index contributed by atoms with van der Waals surface area (Å²) in [6.45, 7) is 1.47. The number of Topliss-reactive ketones (excluding diaryl/α,β-unsaturated/α-hetero) is 1. The van der Waals surface area contributed by atoms with E-state index in [0.29, 0.717) is 5.56 Å². The zero-order chi connectivity index (χ0) is 25.9. The highest BCUT2D eigenvalue weighted by molar-refractivity contribution is 9.12. The van der Waals surface area contributed by atoms with Gasteiger partial charge in [-0.15, -0.1) is 0 Å². The van der Waals surface area contributed by atoms with E-state index in [4.69, 9.17) is 0 Å². The molecule has 2 aliphatic carbocycles. The molecule has 2 aromatic rings. The Morgan fingerprint density at radius 3 is 1.97 bits per heavy atom. The highest BCUT2D eigenvalue weighted by atomic mass is 79.9. The number of hydrazine groups is 1. The van der Waals surface area contributed by atoms with E-state index in [0.717, 1.165) is 16.4 Å². The van der Waals surface area contributed by atoms with E-state index in [2.05, 4.69) is 31.9 Å². The highest BCUT2D eigenvalue weighted by Crippen LogP contribution is 2.60. The molecule has 0 unspecified atom stereocenters. The molecule has 186 valence electrons. The number of benzene rings is 2. The van der Waals surface area contributed by atoms with Gasteiger partial charge in [0.2, 0.25) is 0 Å². The number of ketones is 1. The number of nitro groups is 1. The van der Waals surface area contributed by atoms with Gasteiger partial charge in [0.05, 0.1) is 16.8 Å². The fourth-order valence-corrected chi connectivity index (χ4v) is 7.67. The molecule has 1 aliphatic heterocycles. The average Bonchev–Trinajstić information content (AvgIpc) is 3.50. The molecule has 0 N–H and O–H groups in total. The van der Waals surface area contributed by atoms with Gasteiger partial charge in [0.1, 0.15) is 6.04 Å². The van der Waals surface area contributed by atoms with Gasteiger partial charge in [-0.3, -0.25) is 29.3 Å². The van der Waals surface area contributed by atoms with Crippen LogP contribution in [0, 0.1) is 33.8 Å². The predicted octanol–water partition coefficient (Wildman–Crippen LogP) is 4.00. The number of nitro benzene ring substituents is 1. The van der Waals surface area contributed by atoms with Crippen LogP contribution in [0.5, 0.6) is 0 Å². The summed E-state index contributed by atoms with van der Waals surface area (Å²) in [5, 5.41) is 12.8. The summed E-state index contributed by atoms with van der Waals surface area (Å²) in [5.74, 6) is -3.48. The molecule has 3 aliphatic rings. The molecule has 2 saturated carbocycles. The Labute approximate surface area is 223 Å². The van der Waals surface area contributed by atoms with E-state index in [9.17, 15) is 29.3 Å². The molecule has 5 rings (SSSR count). The Kier molecular flexibility index (Phi) is 6.32. The summed E-state index contributed by atoms with van der Waals surface area (Å²) < 4.78 is 0. The van der Waals surface area contributed by atoms with Crippen molar-refractivity contribution in [2.75, 3.05) is 0 Å². The van der Waals surface area contributed by atoms with Gasteiger partial charge in [-0.05, 0) is 37.3 Å². The lowest BCUT2D eigenvalue weighted by atomic mass is 9.81. The Hall–Kier alpha value is -2.92. The van der Waals surface area contributed by atoms with E-state index in [1.165, 1.54) is 31.2 Å². The number of imide groups is 1. The van der Waals surface area contributed by atoms with Crippen LogP contribution in [-0.4, -0.2) is 54.1 Å². The molecule has 0 spiro atoms. The number of amides is 3. The van der Waals surface area contributed by atoms with Crippen molar-refractivity contribution in [3.8, 4) is 0 Å². The first-order valence-corrected chi connectivity index (χ1v) is 13.3. The van der Waals surface area contributed by atoms with Crippen molar-refractivity contribution in [2.45, 2.75) is 29.0 Å². The van der Waals surface area contributed by atoms with Gasteiger partial charge in [-0.25, -0.2) is 5.01 Å². The first-order valence-electron chi connectivity index (χ1n) is 11.5. The Morgan fingerprint density at radius 2 is 1.47 bits per heavy atom. The van der Waals surface area contributed by atoms with Crippen molar-refractivity contribution in [3.05, 3.63) is 75.8 Å². The first-order chi connectivity index (χ1) is 17.1. The number of carbonyl (C=O) groups is 4. The molecule has 3 amide bonds. The minimum atomic E-state index is -1.18. The van der Waals surface area contributed by atoms with Crippen LogP contribution < -0.4 is 0 Å². The van der Waals surface area contributed by atoms with E-state index < -0.39 is 46.3 Å². The maximum Gasteiger partial charge on any atom is 0.273 e. The average molecular weight is 619 g/mol. The molecular weight excluding hydrogens is 598 g/mol. The number of carbonyl (C=O) groups excluding carboxylic acids is 4. The zero-order valence-corrected chi connectivity index (χ0v) is 22.2. The van der Waals surface area contributed by atoms with Gasteiger partial charge < -0.3 is 0 Å². The molecule has 1 saturated heterocycles. The van der Waals surface area contributed by atoms with Crippen LogP contribution in [0.2, 0.25) is 0 Å². The number of rotatable bonds is 6. The second-order valence-corrected chi connectivity index (χ2v) is 11.5. The number of alkyl halides is 2. The van der Waals surface area contributed by atoms with Crippen LogP contribution in [0.15, 0.2) is 54.6 Å². The number of hydrogen-bond donors (Lipinski definition) is 0. The quantitative estimate of drug-likeness (QED) is 0.159. The maximum absolute atomic E-state index is 13.7. The second-order valence-electron chi connectivity index (χ2n) is 9.35. The third kappa shape index (κ3) is 3.71. The molecule has 2 aromatic carbocycles. The van der Waals surface area contributed by atoms with Gasteiger partial charge in [-0.2, -0.15) is 5.01 Å². The number of halogens is 2. The largest absolute Gasteiger partial charge is 0.292 e. The minimum absolute atomic E-state index is 0.0163. The summed E-state index contributed by atoms with van der Waals surface area (Å²) in [4.78, 5) is 65.0. The highest BCUT2D eigenvalue weighted by Gasteiger charge is 2.68. The van der Waals surface area contributed by atoms with Crippen LogP contribution in [0.3, 0.4) is 0 Å².